The molecule has 2 heterocycles. The number of hydrogen-bond acceptors (Lipinski definition) is 5. The molecule has 2 N–H and O–H groups in total. The van der Waals surface area contributed by atoms with Gasteiger partial charge in [0.1, 0.15) is 36.3 Å². The van der Waals surface area contributed by atoms with Crippen LogP contribution >= 0.6 is 0 Å². The molecule has 1 unspecified atom stereocenters. The summed E-state index contributed by atoms with van der Waals surface area (Å²) in [4.78, 5) is 0. The van der Waals surface area contributed by atoms with Crippen LogP contribution in [0.4, 0.5) is 4.39 Å². The summed E-state index contributed by atoms with van der Waals surface area (Å²) in [5, 5.41) is 21.0. The zero-order chi connectivity index (χ0) is 17.4. The van der Waals surface area contributed by atoms with Gasteiger partial charge in [0, 0.05) is 11.1 Å². The minimum atomic E-state index is -1.30. The summed E-state index contributed by atoms with van der Waals surface area (Å²) >= 11 is 0. The average Bonchev–Trinajstić information content (AvgIpc) is 2.66. The molecule has 2 fully saturated rings. The van der Waals surface area contributed by atoms with Crippen molar-refractivity contribution >= 4 is 0 Å². The molecule has 6 heteroatoms. The Balaban J connectivity index is 1.55. The standard InChI is InChI=1S/C19H19FO5/c20-13-9-5-4-8-12(13)17-15(21)16(22)18-14(24-17)10-23-19(25-18)11-6-2-1-3-7-11/h1-9,14-19,21-22H,10H2/t14-,15-,16-,17+,18-,19?/m1/s1. The first-order valence-corrected chi connectivity index (χ1v) is 8.23. The monoisotopic (exact) mass is 346 g/mol. The van der Waals surface area contributed by atoms with Crippen LogP contribution in [0.25, 0.3) is 0 Å². The van der Waals surface area contributed by atoms with E-state index in [1.807, 2.05) is 30.3 Å². The van der Waals surface area contributed by atoms with E-state index in [1.54, 1.807) is 12.1 Å². The van der Waals surface area contributed by atoms with Crippen molar-refractivity contribution in [2.75, 3.05) is 6.61 Å². The highest BCUT2D eigenvalue weighted by molar-refractivity contribution is 5.23. The Kier molecular flexibility index (Phi) is 4.54. The van der Waals surface area contributed by atoms with Gasteiger partial charge in [-0.05, 0) is 6.07 Å². The Morgan fingerprint density at radius 1 is 0.880 bits per heavy atom. The SMILES string of the molecule is O[C@@H]1[C@@H](O)[C@H](c2ccccc2F)O[C@@H]2COC(c3ccccc3)O[C@@H]12. The molecule has 0 aliphatic carbocycles. The van der Waals surface area contributed by atoms with E-state index in [4.69, 9.17) is 14.2 Å². The van der Waals surface area contributed by atoms with Crippen molar-refractivity contribution in [3.05, 3.63) is 71.5 Å². The molecule has 2 saturated heterocycles. The minimum Gasteiger partial charge on any atom is -0.387 e. The molecule has 0 spiro atoms. The molecule has 132 valence electrons. The average molecular weight is 346 g/mol. The number of aliphatic hydroxyl groups excluding tert-OH is 2. The van der Waals surface area contributed by atoms with Crippen LogP contribution in [0.1, 0.15) is 23.5 Å². The largest absolute Gasteiger partial charge is 0.387 e. The van der Waals surface area contributed by atoms with Crippen molar-refractivity contribution < 1.29 is 28.8 Å². The van der Waals surface area contributed by atoms with E-state index >= 15 is 0 Å². The molecule has 0 radical (unpaired) electrons. The van der Waals surface area contributed by atoms with Gasteiger partial charge in [0.25, 0.3) is 0 Å². The van der Waals surface area contributed by atoms with Crippen LogP contribution in [0.3, 0.4) is 0 Å². The first kappa shape index (κ1) is 16.6. The molecule has 25 heavy (non-hydrogen) atoms. The molecule has 5 nitrogen and oxygen atoms in total. The van der Waals surface area contributed by atoms with Crippen LogP contribution in [0.2, 0.25) is 0 Å². The van der Waals surface area contributed by atoms with E-state index in [-0.39, 0.29) is 12.2 Å². The molecule has 2 aliphatic heterocycles. The van der Waals surface area contributed by atoms with Crippen molar-refractivity contribution in [2.45, 2.75) is 36.8 Å². The fraction of sp³-hybridized carbons (Fsp3) is 0.368. The van der Waals surface area contributed by atoms with Gasteiger partial charge in [-0.1, -0.05) is 48.5 Å². The van der Waals surface area contributed by atoms with E-state index in [1.165, 1.54) is 12.1 Å². The first-order valence-electron chi connectivity index (χ1n) is 8.23. The van der Waals surface area contributed by atoms with E-state index in [0.29, 0.717) is 0 Å². The van der Waals surface area contributed by atoms with E-state index in [9.17, 15) is 14.6 Å². The fourth-order valence-corrected chi connectivity index (χ4v) is 3.35. The van der Waals surface area contributed by atoms with Gasteiger partial charge < -0.3 is 24.4 Å². The maximum atomic E-state index is 14.0. The lowest BCUT2D eigenvalue weighted by Gasteiger charge is -2.46. The maximum Gasteiger partial charge on any atom is 0.184 e. The van der Waals surface area contributed by atoms with Gasteiger partial charge in [-0.15, -0.1) is 0 Å². The Labute approximate surface area is 144 Å². The van der Waals surface area contributed by atoms with E-state index in [2.05, 4.69) is 0 Å². The van der Waals surface area contributed by atoms with Crippen LogP contribution in [-0.2, 0) is 14.2 Å². The highest BCUT2D eigenvalue weighted by Gasteiger charge is 2.49. The zero-order valence-electron chi connectivity index (χ0n) is 13.4. The van der Waals surface area contributed by atoms with Crippen LogP contribution in [0, 0.1) is 5.82 Å². The van der Waals surface area contributed by atoms with Crippen molar-refractivity contribution in [1.82, 2.24) is 0 Å². The van der Waals surface area contributed by atoms with Crippen molar-refractivity contribution in [3.63, 3.8) is 0 Å². The van der Waals surface area contributed by atoms with Crippen LogP contribution in [-0.4, -0.2) is 41.2 Å². The summed E-state index contributed by atoms with van der Waals surface area (Å²) in [6, 6.07) is 15.4. The van der Waals surface area contributed by atoms with E-state index in [0.717, 1.165) is 5.56 Å². The molecule has 0 amide bonds. The van der Waals surface area contributed by atoms with Crippen molar-refractivity contribution in [2.24, 2.45) is 0 Å². The molecule has 4 rings (SSSR count). The zero-order valence-corrected chi connectivity index (χ0v) is 13.4. The topological polar surface area (TPSA) is 68.2 Å². The number of ether oxygens (including phenoxy) is 3. The second-order valence-corrected chi connectivity index (χ2v) is 6.27. The third-order valence-corrected chi connectivity index (χ3v) is 4.66. The lowest BCUT2D eigenvalue weighted by molar-refractivity contribution is -0.330. The maximum absolute atomic E-state index is 14.0. The molecular weight excluding hydrogens is 327 g/mol. The summed E-state index contributed by atoms with van der Waals surface area (Å²) in [5.74, 6) is -0.489. The highest BCUT2D eigenvalue weighted by Crippen LogP contribution is 2.39. The first-order chi connectivity index (χ1) is 12.1. The second-order valence-electron chi connectivity index (χ2n) is 6.27. The summed E-state index contributed by atoms with van der Waals surface area (Å²) in [6.07, 6.45) is -5.47. The van der Waals surface area contributed by atoms with Gasteiger partial charge in [0.2, 0.25) is 0 Å². The summed E-state index contributed by atoms with van der Waals surface area (Å²) in [6.45, 7) is 0.180. The van der Waals surface area contributed by atoms with Gasteiger partial charge in [-0.25, -0.2) is 4.39 Å². The Morgan fingerprint density at radius 3 is 2.36 bits per heavy atom. The van der Waals surface area contributed by atoms with Crippen LogP contribution in [0.5, 0.6) is 0 Å². The predicted octanol–water partition coefficient (Wildman–Crippen LogP) is 2.10. The third-order valence-electron chi connectivity index (χ3n) is 4.66. The number of fused-ring (bicyclic) bond motifs is 1. The molecule has 0 aromatic heterocycles. The number of aliphatic hydroxyl groups is 2. The summed E-state index contributed by atoms with van der Waals surface area (Å²) in [7, 11) is 0. The van der Waals surface area contributed by atoms with Gasteiger partial charge >= 0.3 is 0 Å². The third kappa shape index (κ3) is 3.07. The lowest BCUT2D eigenvalue weighted by Crippen LogP contribution is -2.59. The summed E-state index contributed by atoms with van der Waals surface area (Å²) < 4.78 is 31.4. The smallest absolute Gasteiger partial charge is 0.184 e. The van der Waals surface area contributed by atoms with Gasteiger partial charge in [-0.3, -0.25) is 0 Å². The highest BCUT2D eigenvalue weighted by atomic mass is 19.1. The number of hydrogen-bond donors (Lipinski definition) is 2. The number of benzene rings is 2. The summed E-state index contributed by atoms with van der Waals surface area (Å²) in [5.41, 5.74) is 1.02. The fourth-order valence-electron chi connectivity index (χ4n) is 3.35. The number of halogens is 1. The minimum absolute atomic E-state index is 0.180. The molecule has 6 atom stereocenters. The normalized spacial score (nSPS) is 35.2. The van der Waals surface area contributed by atoms with Crippen molar-refractivity contribution in [1.29, 1.82) is 0 Å². The van der Waals surface area contributed by atoms with Gasteiger partial charge in [0.15, 0.2) is 6.29 Å². The predicted molar refractivity (Wildman–Crippen MR) is 86.0 cm³/mol. The quantitative estimate of drug-likeness (QED) is 0.872. The molecule has 0 saturated carbocycles. The Bertz CT molecular complexity index is 723. The van der Waals surface area contributed by atoms with Gasteiger partial charge in [0.05, 0.1) is 6.61 Å². The Morgan fingerprint density at radius 2 is 1.60 bits per heavy atom. The molecular formula is C19H19FO5. The molecule has 0 bridgehead atoms. The lowest BCUT2D eigenvalue weighted by atomic mass is 9.90. The van der Waals surface area contributed by atoms with Crippen LogP contribution < -0.4 is 0 Å². The van der Waals surface area contributed by atoms with Gasteiger partial charge in [-0.2, -0.15) is 0 Å². The Hall–Kier alpha value is -1.83. The molecule has 2 aliphatic rings. The number of rotatable bonds is 2. The van der Waals surface area contributed by atoms with Crippen molar-refractivity contribution in [3.8, 4) is 0 Å². The van der Waals surface area contributed by atoms with E-state index < -0.39 is 42.6 Å². The van der Waals surface area contributed by atoms with Crippen LogP contribution in [0.15, 0.2) is 54.6 Å². The molecule has 2 aromatic rings. The second kappa shape index (κ2) is 6.82. The molecule has 2 aromatic carbocycles.